The molecule has 11 heteroatoms. The molecule has 0 atom stereocenters. The maximum Gasteiger partial charge on any atom is 0.219 e. The molecule has 2 aliphatic carbocycles. The van der Waals surface area contributed by atoms with E-state index < -0.39 is 21.5 Å². The number of ether oxygens (including phenoxy) is 1. The fourth-order valence-corrected chi connectivity index (χ4v) is 6.53. The average Bonchev–Trinajstić information content (AvgIpc) is 3.60. The molecule has 4 aromatic rings. The van der Waals surface area contributed by atoms with Gasteiger partial charge in [0, 0.05) is 29.7 Å². The van der Waals surface area contributed by atoms with Crippen molar-refractivity contribution in [3.05, 3.63) is 99.9 Å². The number of sulfone groups is 1. The molecule has 0 aliphatic heterocycles. The van der Waals surface area contributed by atoms with Crippen LogP contribution in [0, 0.1) is 18.6 Å². The SMILES string of the molecule is Cc1cc(Oc2cccc(F)c2)ncc1-n1ncc(C(=O)C2=Cc3cc(F)c(CS(=O)(=O)C4CC4)cc3C2)c1N. The highest BCUT2D eigenvalue weighted by atomic mass is 32.2. The van der Waals surface area contributed by atoms with E-state index in [0.29, 0.717) is 46.5 Å². The first-order valence-electron chi connectivity index (χ1n) is 12.6. The third kappa shape index (κ3) is 4.88. The van der Waals surface area contributed by atoms with Crippen LogP contribution >= 0.6 is 0 Å². The lowest BCUT2D eigenvalue weighted by Gasteiger charge is -2.11. The van der Waals surface area contributed by atoms with Crippen LogP contribution < -0.4 is 10.5 Å². The topological polar surface area (TPSA) is 117 Å². The van der Waals surface area contributed by atoms with E-state index in [-0.39, 0.29) is 46.0 Å². The van der Waals surface area contributed by atoms with E-state index in [1.54, 1.807) is 25.1 Å². The number of hydrogen-bond acceptors (Lipinski definition) is 7. The Morgan fingerprint density at radius 2 is 1.95 bits per heavy atom. The van der Waals surface area contributed by atoms with E-state index in [2.05, 4.69) is 10.1 Å². The van der Waals surface area contributed by atoms with Gasteiger partial charge in [-0.1, -0.05) is 12.1 Å². The second-order valence-electron chi connectivity index (χ2n) is 10.0. The number of halogens is 2. The normalized spacial score (nSPS) is 14.6. The van der Waals surface area contributed by atoms with E-state index in [1.807, 2.05) is 0 Å². The zero-order valence-electron chi connectivity index (χ0n) is 21.4. The summed E-state index contributed by atoms with van der Waals surface area (Å²) in [6.07, 6.45) is 5.92. The zero-order valence-corrected chi connectivity index (χ0v) is 22.2. The largest absolute Gasteiger partial charge is 0.439 e. The summed E-state index contributed by atoms with van der Waals surface area (Å²) in [6, 6.07) is 10.2. The molecule has 2 aliphatic rings. The second-order valence-corrected chi connectivity index (χ2v) is 12.3. The number of nitrogens with zero attached hydrogens (tertiary/aromatic N) is 3. The number of carbonyl (C=O) groups is 1. The van der Waals surface area contributed by atoms with Crippen LogP contribution in [0.3, 0.4) is 0 Å². The first kappa shape index (κ1) is 25.9. The summed E-state index contributed by atoms with van der Waals surface area (Å²) in [5.41, 5.74) is 9.47. The van der Waals surface area contributed by atoms with Gasteiger partial charge in [-0.05, 0) is 60.7 Å². The van der Waals surface area contributed by atoms with Crippen molar-refractivity contribution in [1.29, 1.82) is 0 Å². The van der Waals surface area contributed by atoms with Crippen molar-refractivity contribution in [3.63, 3.8) is 0 Å². The van der Waals surface area contributed by atoms with Gasteiger partial charge in [-0.25, -0.2) is 26.9 Å². The Balaban J connectivity index is 1.21. The molecule has 2 aromatic carbocycles. The van der Waals surface area contributed by atoms with Crippen molar-refractivity contribution in [2.24, 2.45) is 0 Å². The molecule has 0 spiro atoms. The third-order valence-electron chi connectivity index (χ3n) is 7.06. The van der Waals surface area contributed by atoms with Gasteiger partial charge in [0.2, 0.25) is 5.88 Å². The number of nitrogen functional groups attached to an aromatic ring is 1. The van der Waals surface area contributed by atoms with Gasteiger partial charge in [0.05, 0.1) is 34.6 Å². The van der Waals surface area contributed by atoms with Crippen LogP contribution in [0.4, 0.5) is 14.6 Å². The Labute approximate surface area is 229 Å². The van der Waals surface area contributed by atoms with E-state index >= 15 is 0 Å². The quantitative estimate of drug-likeness (QED) is 0.296. The average molecular weight is 563 g/mol. The van der Waals surface area contributed by atoms with Crippen LogP contribution in [0.5, 0.6) is 11.6 Å². The lowest BCUT2D eigenvalue weighted by atomic mass is 10.0. The van der Waals surface area contributed by atoms with Crippen molar-refractivity contribution in [1.82, 2.24) is 14.8 Å². The van der Waals surface area contributed by atoms with Crippen molar-refractivity contribution in [2.75, 3.05) is 5.73 Å². The molecule has 0 bridgehead atoms. The highest BCUT2D eigenvalue weighted by Gasteiger charge is 2.36. The Bertz CT molecular complexity index is 1830. The summed E-state index contributed by atoms with van der Waals surface area (Å²) in [4.78, 5) is 17.7. The second kappa shape index (κ2) is 9.67. The maximum absolute atomic E-state index is 14.7. The minimum absolute atomic E-state index is 0.105. The first-order chi connectivity index (χ1) is 19.1. The van der Waals surface area contributed by atoms with Crippen LogP contribution in [0.25, 0.3) is 11.8 Å². The number of allylic oxidation sites excluding steroid dienone is 1. The van der Waals surface area contributed by atoms with E-state index in [1.165, 1.54) is 47.4 Å². The highest BCUT2D eigenvalue weighted by Crippen LogP contribution is 2.35. The Morgan fingerprint density at radius 1 is 1.15 bits per heavy atom. The highest BCUT2D eigenvalue weighted by molar-refractivity contribution is 7.91. The number of hydrogen-bond donors (Lipinski definition) is 1. The molecule has 204 valence electrons. The van der Waals surface area contributed by atoms with E-state index in [4.69, 9.17) is 10.5 Å². The number of rotatable bonds is 8. The molecule has 2 heterocycles. The summed E-state index contributed by atoms with van der Waals surface area (Å²) in [5, 5.41) is 3.91. The lowest BCUT2D eigenvalue weighted by Crippen LogP contribution is -2.11. The summed E-state index contributed by atoms with van der Waals surface area (Å²) in [6.45, 7) is 1.80. The van der Waals surface area contributed by atoms with E-state index in [9.17, 15) is 22.0 Å². The van der Waals surface area contributed by atoms with Gasteiger partial charge in [0.1, 0.15) is 23.2 Å². The van der Waals surface area contributed by atoms with Crippen LogP contribution in [0.15, 0.2) is 60.4 Å². The molecule has 1 fully saturated rings. The summed E-state index contributed by atoms with van der Waals surface area (Å²) >= 11 is 0. The number of benzene rings is 2. The predicted octanol–water partition coefficient (Wildman–Crippen LogP) is 5.13. The number of nitrogens with two attached hydrogens (primary N) is 1. The Morgan fingerprint density at radius 3 is 2.67 bits per heavy atom. The molecule has 0 amide bonds. The molecular weight excluding hydrogens is 538 g/mol. The van der Waals surface area contributed by atoms with Crippen molar-refractivity contribution in [2.45, 2.75) is 37.2 Å². The van der Waals surface area contributed by atoms with Crippen LogP contribution in [-0.2, 0) is 22.0 Å². The number of pyridine rings is 1. The van der Waals surface area contributed by atoms with Gasteiger partial charge in [0.25, 0.3) is 0 Å². The molecular formula is C29H24F2N4O4S. The monoisotopic (exact) mass is 562 g/mol. The van der Waals surface area contributed by atoms with Gasteiger partial charge >= 0.3 is 0 Å². The van der Waals surface area contributed by atoms with Crippen LogP contribution in [0.1, 0.15) is 45.5 Å². The third-order valence-corrected chi connectivity index (χ3v) is 9.26. The van der Waals surface area contributed by atoms with Gasteiger partial charge in [-0.3, -0.25) is 4.79 Å². The van der Waals surface area contributed by atoms with Crippen LogP contribution in [0.2, 0.25) is 0 Å². The molecule has 6 rings (SSSR count). The molecule has 2 N–H and O–H groups in total. The van der Waals surface area contributed by atoms with Gasteiger partial charge < -0.3 is 10.5 Å². The number of aromatic nitrogens is 3. The molecule has 1 saturated carbocycles. The standard InChI is InChI=1S/C29H24F2N4O4S/c1-16-7-27(39-22-4-2-3-21(30)12-22)33-14-26(16)35-29(32)24(13-34-35)28(36)19-8-17-10-20(25(31)11-18(17)9-19)15-40(37,38)23-5-6-23/h2-4,7,9-14,23H,5-6,8,15,32H2,1H3. The van der Waals surface area contributed by atoms with Gasteiger partial charge in [-0.2, -0.15) is 5.10 Å². The Kier molecular flexibility index (Phi) is 6.25. The molecule has 0 saturated heterocycles. The zero-order chi connectivity index (χ0) is 28.2. The Hall–Kier alpha value is -4.38. The fraction of sp³-hybridized carbons (Fsp3) is 0.207. The van der Waals surface area contributed by atoms with Gasteiger partial charge in [-0.15, -0.1) is 0 Å². The molecule has 0 unspecified atom stereocenters. The maximum atomic E-state index is 14.7. The molecule has 0 radical (unpaired) electrons. The number of ketones is 1. The molecule has 40 heavy (non-hydrogen) atoms. The van der Waals surface area contributed by atoms with Crippen molar-refractivity contribution in [3.8, 4) is 17.3 Å². The van der Waals surface area contributed by atoms with Gasteiger partial charge in [0.15, 0.2) is 15.6 Å². The van der Waals surface area contributed by atoms with Crippen LogP contribution in [-0.4, -0.2) is 34.2 Å². The van der Waals surface area contributed by atoms with Crippen molar-refractivity contribution < 1.29 is 26.7 Å². The number of Topliss-reactive ketones (excluding diaryl/α,β-unsaturated/α-hetero) is 1. The predicted molar refractivity (Wildman–Crippen MR) is 145 cm³/mol. The summed E-state index contributed by atoms with van der Waals surface area (Å²) in [5.74, 6) is -1.09. The first-order valence-corrected chi connectivity index (χ1v) is 14.3. The summed E-state index contributed by atoms with van der Waals surface area (Å²) in [7, 11) is -3.39. The lowest BCUT2D eigenvalue weighted by molar-refractivity contribution is 0.103. The number of aryl methyl sites for hydroxylation is 1. The van der Waals surface area contributed by atoms with E-state index in [0.717, 1.165) is 0 Å². The molecule has 8 nitrogen and oxygen atoms in total. The summed E-state index contributed by atoms with van der Waals surface area (Å²) < 4.78 is 60.0. The minimum Gasteiger partial charge on any atom is -0.439 e. The fourth-order valence-electron chi connectivity index (χ4n) is 4.78. The minimum atomic E-state index is -3.39. The smallest absolute Gasteiger partial charge is 0.219 e. The molecule has 2 aromatic heterocycles. The number of fused-ring (bicyclic) bond motifs is 1. The number of carbonyl (C=O) groups excluding carboxylic acids is 1. The number of anilines is 1. The van der Waals surface area contributed by atoms with Crippen molar-refractivity contribution >= 4 is 27.5 Å².